The van der Waals surface area contributed by atoms with Crippen LogP contribution in [0.4, 0.5) is 0 Å². The Morgan fingerprint density at radius 2 is 1.96 bits per heavy atom. The predicted octanol–water partition coefficient (Wildman–Crippen LogP) is 2.69. The summed E-state index contributed by atoms with van der Waals surface area (Å²) in [7, 11) is 0. The second kappa shape index (κ2) is 7.34. The van der Waals surface area contributed by atoms with Crippen LogP contribution >= 0.6 is 0 Å². The van der Waals surface area contributed by atoms with E-state index in [0.29, 0.717) is 0 Å². The van der Waals surface area contributed by atoms with Crippen molar-refractivity contribution in [3.63, 3.8) is 0 Å². The molecule has 1 aromatic carbocycles. The Morgan fingerprint density at radius 3 is 2.58 bits per heavy atom. The average molecular weight is 326 g/mol. The maximum Gasteiger partial charge on any atom is 0.242 e. The summed E-state index contributed by atoms with van der Waals surface area (Å²) in [5.74, 6) is 0.560. The Kier molecular flexibility index (Phi) is 4.99. The van der Waals surface area contributed by atoms with Gasteiger partial charge in [-0.2, -0.15) is 0 Å². The highest BCUT2D eigenvalue weighted by atomic mass is 16.3. The number of rotatable bonds is 7. The molecule has 3 rings (SSSR count). The second-order valence-corrected chi connectivity index (χ2v) is 6.16. The molecule has 1 heterocycles. The lowest BCUT2D eigenvalue weighted by atomic mass is 10.1. The van der Waals surface area contributed by atoms with Crippen molar-refractivity contribution in [2.75, 3.05) is 6.54 Å². The third kappa shape index (κ3) is 4.04. The normalized spacial score (nSPS) is 14.9. The maximum absolute atomic E-state index is 12.6. The van der Waals surface area contributed by atoms with E-state index in [1.54, 1.807) is 6.26 Å². The average Bonchev–Trinajstić information content (AvgIpc) is 3.25. The number of hydrogen-bond acceptors (Lipinski definition) is 3. The number of hydrogen-bond donors (Lipinski definition) is 1. The van der Waals surface area contributed by atoms with Gasteiger partial charge in [0.25, 0.3) is 0 Å². The number of benzene rings is 1. The van der Waals surface area contributed by atoms with Gasteiger partial charge in [-0.3, -0.25) is 9.59 Å². The Bertz CT molecular complexity index is 678. The Labute approximate surface area is 141 Å². The van der Waals surface area contributed by atoms with Crippen LogP contribution in [0.5, 0.6) is 0 Å². The lowest BCUT2D eigenvalue weighted by molar-refractivity contribution is -0.135. The molecule has 0 bridgehead atoms. The van der Waals surface area contributed by atoms with Gasteiger partial charge in [-0.15, -0.1) is 0 Å². The van der Waals surface area contributed by atoms with Gasteiger partial charge in [0.15, 0.2) is 0 Å². The first-order chi connectivity index (χ1) is 11.6. The minimum Gasteiger partial charge on any atom is -0.467 e. The third-order valence-corrected chi connectivity index (χ3v) is 4.24. The van der Waals surface area contributed by atoms with Crippen molar-refractivity contribution >= 4 is 11.8 Å². The van der Waals surface area contributed by atoms with Crippen LogP contribution < -0.4 is 5.32 Å². The first kappa shape index (κ1) is 16.3. The third-order valence-electron chi connectivity index (χ3n) is 4.24. The van der Waals surface area contributed by atoms with E-state index in [4.69, 9.17) is 4.42 Å². The summed E-state index contributed by atoms with van der Waals surface area (Å²) >= 11 is 0. The summed E-state index contributed by atoms with van der Waals surface area (Å²) in [4.78, 5) is 26.4. The molecule has 0 aliphatic heterocycles. The van der Waals surface area contributed by atoms with Crippen LogP contribution in [0.2, 0.25) is 0 Å². The Hall–Kier alpha value is -2.56. The summed E-state index contributed by atoms with van der Waals surface area (Å²) in [6.45, 7) is 1.98. The summed E-state index contributed by atoms with van der Waals surface area (Å²) in [6, 6.07) is 13.3. The van der Waals surface area contributed by atoms with E-state index in [0.717, 1.165) is 24.2 Å². The smallest absolute Gasteiger partial charge is 0.242 e. The van der Waals surface area contributed by atoms with Crippen LogP contribution in [0.15, 0.2) is 53.1 Å². The van der Waals surface area contributed by atoms with Gasteiger partial charge in [-0.05, 0) is 37.5 Å². The van der Waals surface area contributed by atoms with Gasteiger partial charge in [0, 0.05) is 6.04 Å². The van der Waals surface area contributed by atoms with Crippen LogP contribution in [0.3, 0.4) is 0 Å². The summed E-state index contributed by atoms with van der Waals surface area (Å²) in [5.41, 5.74) is 0.936. The van der Waals surface area contributed by atoms with Crippen molar-refractivity contribution in [2.45, 2.75) is 38.3 Å². The number of carbonyl (C=O) groups is 2. The standard InChI is InChI=1S/C19H22N2O3/c1-14(17-8-5-11-24-17)21(16-9-10-16)19(23)13-20-18(22)12-15-6-3-2-4-7-15/h2-8,11,14,16H,9-10,12-13H2,1H3,(H,20,22)/t14-/m0/s1. The van der Waals surface area contributed by atoms with Crippen LogP contribution in [0.1, 0.15) is 37.1 Å². The van der Waals surface area contributed by atoms with Crippen LogP contribution in [-0.2, 0) is 16.0 Å². The minimum absolute atomic E-state index is 0.0210. The molecule has 2 amide bonds. The highest BCUT2D eigenvalue weighted by molar-refractivity contribution is 5.86. The van der Waals surface area contributed by atoms with Crippen molar-refractivity contribution in [2.24, 2.45) is 0 Å². The molecule has 24 heavy (non-hydrogen) atoms. The fourth-order valence-corrected chi connectivity index (χ4v) is 2.86. The number of nitrogens with zero attached hydrogens (tertiary/aromatic N) is 1. The second-order valence-electron chi connectivity index (χ2n) is 6.16. The monoisotopic (exact) mass is 326 g/mol. The topological polar surface area (TPSA) is 62.6 Å². The molecule has 1 fully saturated rings. The SMILES string of the molecule is C[C@@H](c1ccco1)N(C(=O)CNC(=O)Cc1ccccc1)C1CC1. The zero-order chi connectivity index (χ0) is 16.9. The van der Waals surface area contributed by atoms with Gasteiger partial charge in [0.1, 0.15) is 5.76 Å². The fraction of sp³-hybridized carbons (Fsp3) is 0.368. The van der Waals surface area contributed by atoms with Crippen molar-refractivity contribution in [1.82, 2.24) is 10.2 Å². The molecular weight excluding hydrogens is 304 g/mol. The molecular formula is C19H22N2O3. The maximum atomic E-state index is 12.6. The summed E-state index contributed by atoms with van der Waals surface area (Å²) < 4.78 is 5.43. The zero-order valence-corrected chi connectivity index (χ0v) is 13.8. The van der Waals surface area contributed by atoms with E-state index in [9.17, 15) is 9.59 Å². The van der Waals surface area contributed by atoms with E-state index < -0.39 is 0 Å². The van der Waals surface area contributed by atoms with Crippen molar-refractivity contribution in [3.8, 4) is 0 Å². The zero-order valence-electron chi connectivity index (χ0n) is 13.8. The lowest BCUT2D eigenvalue weighted by Gasteiger charge is -2.28. The predicted molar refractivity (Wildman–Crippen MR) is 90.1 cm³/mol. The number of nitrogens with one attached hydrogen (secondary N) is 1. The number of furan rings is 1. The van der Waals surface area contributed by atoms with E-state index in [1.807, 2.05) is 54.3 Å². The van der Waals surface area contributed by atoms with Crippen molar-refractivity contribution in [1.29, 1.82) is 0 Å². The first-order valence-corrected chi connectivity index (χ1v) is 8.30. The van der Waals surface area contributed by atoms with E-state index >= 15 is 0 Å². The lowest BCUT2D eigenvalue weighted by Crippen LogP contribution is -2.42. The van der Waals surface area contributed by atoms with E-state index in [-0.39, 0.29) is 36.9 Å². The molecule has 5 heteroatoms. The van der Waals surface area contributed by atoms with Crippen molar-refractivity contribution < 1.29 is 14.0 Å². The van der Waals surface area contributed by atoms with Crippen LogP contribution in [0.25, 0.3) is 0 Å². The van der Waals surface area contributed by atoms with E-state index in [2.05, 4.69) is 5.32 Å². The van der Waals surface area contributed by atoms with Gasteiger partial charge >= 0.3 is 0 Å². The molecule has 1 aliphatic rings. The molecule has 1 saturated carbocycles. The molecule has 0 unspecified atom stereocenters. The van der Waals surface area contributed by atoms with Gasteiger partial charge in [0.05, 0.1) is 25.3 Å². The van der Waals surface area contributed by atoms with Gasteiger partial charge < -0.3 is 14.6 Å². The summed E-state index contributed by atoms with van der Waals surface area (Å²) in [6.07, 6.45) is 3.91. The number of carbonyl (C=O) groups excluding carboxylic acids is 2. The molecule has 0 spiro atoms. The largest absolute Gasteiger partial charge is 0.467 e. The molecule has 1 aliphatic carbocycles. The molecule has 0 radical (unpaired) electrons. The van der Waals surface area contributed by atoms with Crippen molar-refractivity contribution in [3.05, 3.63) is 60.1 Å². The molecule has 1 aromatic heterocycles. The summed E-state index contributed by atoms with van der Waals surface area (Å²) in [5, 5.41) is 2.73. The van der Waals surface area contributed by atoms with Gasteiger partial charge in [-0.1, -0.05) is 30.3 Å². The first-order valence-electron chi connectivity index (χ1n) is 8.30. The van der Waals surface area contributed by atoms with Gasteiger partial charge in [-0.25, -0.2) is 0 Å². The Morgan fingerprint density at radius 1 is 1.21 bits per heavy atom. The van der Waals surface area contributed by atoms with Crippen LogP contribution in [-0.4, -0.2) is 29.3 Å². The Balaban J connectivity index is 1.55. The molecule has 1 N–H and O–H groups in total. The molecule has 2 aromatic rings. The highest BCUT2D eigenvalue weighted by Gasteiger charge is 2.37. The molecule has 126 valence electrons. The molecule has 0 saturated heterocycles. The highest BCUT2D eigenvalue weighted by Crippen LogP contribution is 2.34. The minimum atomic E-state index is -0.143. The fourth-order valence-electron chi connectivity index (χ4n) is 2.86. The van der Waals surface area contributed by atoms with E-state index in [1.165, 1.54) is 0 Å². The quantitative estimate of drug-likeness (QED) is 0.851. The molecule has 5 nitrogen and oxygen atoms in total. The van der Waals surface area contributed by atoms with Crippen LogP contribution in [0, 0.1) is 0 Å². The number of amides is 2. The molecule has 1 atom stereocenters. The van der Waals surface area contributed by atoms with Gasteiger partial charge in [0.2, 0.25) is 11.8 Å².